The highest BCUT2D eigenvalue weighted by molar-refractivity contribution is 5.82. The first-order valence-corrected chi connectivity index (χ1v) is 10.1. The zero-order chi connectivity index (χ0) is 21.9. The van der Waals surface area contributed by atoms with E-state index >= 15 is 0 Å². The van der Waals surface area contributed by atoms with Crippen molar-refractivity contribution in [2.45, 2.75) is 39.0 Å². The van der Waals surface area contributed by atoms with Crippen LogP contribution in [-0.4, -0.2) is 81.0 Å². The number of ether oxygens (including phenoxy) is 4. The van der Waals surface area contributed by atoms with Crippen LogP contribution in [0.3, 0.4) is 0 Å². The van der Waals surface area contributed by atoms with Crippen LogP contribution in [-0.2, 0) is 11.3 Å². The van der Waals surface area contributed by atoms with Gasteiger partial charge in [-0.15, -0.1) is 0 Å². The number of benzene rings is 1. The molecule has 2 aliphatic heterocycles. The van der Waals surface area contributed by atoms with E-state index in [0.29, 0.717) is 50.0 Å². The zero-order valence-corrected chi connectivity index (χ0v) is 18.7. The number of guanidine groups is 1. The molecule has 1 saturated heterocycles. The van der Waals surface area contributed by atoms with Crippen LogP contribution in [0, 0.1) is 0 Å². The van der Waals surface area contributed by atoms with Gasteiger partial charge in [-0.1, -0.05) is 0 Å². The molecule has 1 fully saturated rings. The lowest BCUT2D eigenvalue weighted by atomic mass is 10.1. The van der Waals surface area contributed by atoms with E-state index in [0.717, 1.165) is 11.5 Å². The second-order valence-corrected chi connectivity index (χ2v) is 8.30. The minimum atomic E-state index is -0.496. The van der Waals surface area contributed by atoms with Crippen LogP contribution in [0.1, 0.15) is 26.3 Å². The monoisotopic (exact) mass is 420 g/mol. The van der Waals surface area contributed by atoms with Crippen LogP contribution in [0.4, 0.5) is 4.79 Å². The number of piperazine rings is 1. The van der Waals surface area contributed by atoms with E-state index in [2.05, 4.69) is 15.2 Å². The lowest BCUT2D eigenvalue weighted by Gasteiger charge is -2.39. The number of rotatable bonds is 5. The predicted molar refractivity (Wildman–Crippen MR) is 114 cm³/mol. The molecule has 0 aliphatic carbocycles. The van der Waals surface area contributed by atoms with Crippen molar-refractivity contribution >= 4 is 12.1 Å². The van der Waals surface area contributed by atoms with E-state index in [1.54, 1.807) is 26.2 Å². The Morgan fingerprint density at radius 3 is 2.37 bits per heavy atom. The molecule has 166 valence electrons. The molecule has 2 heterocycles. The predicted octanol–water partition coefficient (Wildman–Crippen LogP) is 2.09. The summed E-state index contributed by atoms with van der Waals surface area (Å²) in [7, 11) is 4.85. The molecule has 0 spiro atoms. The molecule has 0 saturated carbocycles. The van der Waals surface area contributed by atoms with Crippen molar-refractivity contribution in [3.05, 3.63) is 17.7 Å². The first-order valence-electron chi connectivity index (χ1n) is 10.1. The molecule has 1 N–H and O–H groups in total. The summed E-state index contributed by atoms with van der Waals surface area (Å²) in [4.78, 5) is 21.0. The number of hydrogen-bond donors (Lipinski definition) is 1. The average Bonchev–Trinajstić information content (AvgIpc) is 3.12. The minimum Gasteiger partial charge on any atom is -0.496 e. The van der Waals surface area contributed by atoms with Gasteiger partial charge in [0.15, 0.2) is 5.96 Å². The SMILES string of the molecule is COc1cc(OC)c(CNC2=NCC3CN(C(=O)OC(C)(C)C)CCN23)c(OC)c1. The van der Waals surface area contributed by atoms with Gasteiger partial charge in [0, 0.05) is 31.8 Å². The fraction of sp³-hybridized carbons (Fsp3) is 0.619. The minimum absolute atomic E-state index is 0.147. The van der Waals surface area contributed by atoms with Crippen LogP contribution < -0.4 is 19.5 Å². The maximum absolute atomic E-state index is 12.4. The average molecular weight is 421 g/mol. The molecule has 1 aromatic carbocycles. The third-order valence-corrected chi connectivity index (χ3v) is 5.10. The largest absolute Gasteiger partial charge is 0.496 e. The Morgan fingerprint density at radius 1 is 1.13 bits per heavy atom. The highest BCUT2D eigenvalue weighted by atomic mass is 16.6. The van der Waals surface area contributed by atoms with Crippen LogP contribution in [0.15, 0.2) is 17.1 Å². The molecule has 0 bridgehead atoms. The third kappa shape index (κ3) is 4.83. The number of nitrogens with one attached hydrogen (secondary N) is 1. The Hall–Kier alpha value is -2.84. The van der Waals surface area contributed by atoms with E-state index in [4.69, 9.17) is 18.9 Å². The van der Waals surface area contributed by atoms with E-state index in [1.165, 1.54) is 0 Å². The van der Waals surface area contributed by atoms with Crippen LogP contribution in [0.5, 0.6) is 17.2 Å². The maximum atomic E-state index is 12.4. The van der Waals surface area contributed by atoms with Crippen LogP contribution in [0.2, 0.25) is 0 Å². The quantitative estimate of drug-likeness (QED) is 0.781. The molecule has 2 aliphatic rings. The number of carbonyl (C=O) groups excluding carboxylic acids is 1. The van der Waals surface area contributed by atoms with E-state index in [1.807, 2.05) is 32.9 Å². The Morgan fingerprint density at radius 2 is 1.80 bits per heavy atom. The Bertz CT molecular complexity index is 780. The van der Waals surface area contributed by atoms with Crippen molar-refractivity contribution in [3.63, 3.8) is 0 Å². The molecule has 0 radical (unpaired) electrons. The van der Waals surface area contributed by atoms with Crippen molar-refractivity contribution < 1.29 is 23.7 Å². The van der Waals surface area contributed by atoms with Crippen molar-refractivity contribution in [2.75, 3.05) is 47.5 Å². The van der Waals surface area contributed by atoms with Crippen molar-refractivity contribution in [1.82, 2.24) is 15.1 Å². The summed E-state index contributed by atoms with van der Waals surface area (Å²) in [6, 6.07) is 3.81. The van der Waals surface area contributed by atoms with E-state index in [9.17, 15) is 4.79 Å². The molecule has 1 atom stereocenters. The molecule has 9 nitrogen and oxygen atoms in total. The smallest absolute Gasteiger partial charge is 0.410 e. The summed E-state index contributed by atoms with van der Waals surface area (Å²) in [5.74, 6) is 2.86. The molecule has 1 aromatic rings. The summed E-state index contributed by atoms with van der Waals surface area (Å²) in [6.07, 6.45) is -0.267. The van der Waals surface area contributed by atoms with Gasteiger partial charge in [-0.25, -0.2) is 4.79 Å². The van der Waals surface area contributed by atoms with Gasteiger partial charge in [0.1, 0.15) is 22.8 Å². The number of methoxy groups -OCH3 is 3. The fourth-order valence-corrected chi connectivity index (χ4v) is 3.64. The highest BCUT2D eigenvalue weighted by Gasteiger charge is 2.36. The number of amides is 1. The number of nitrogens with zero attached hydrogens (tertiary/aromatic N) is 3. The topological polar surface area (TPSA) is 84.9 Å². The van der Waals surface area contributed by atoms with Crippen LogP contribution >= 0.6 is 0 Å². The van der Waals surface area contributed by atoms with Gasteiger partial charge in [-0.2, -0.15) is 0 Å². The molecular weight excluding hydrogens is 388 g/mol. The lowest BCUT2D eigenvalue weighted by molar-refractivity contribution is 0.0137. The maximum Gasteiger partial charge on any atom is 0.410 e. The zero-order valence-electron chi connectivity index (χ0n) is 18.7. The van der Waals surface area contributed by atoms with Gasteiger partial charge in [0.2, 0.25) is 0 Å². The van der Waals surface area contributed by atoms with Crippen molar-refractivity contribution in [1.29, 1.82) is 0 Å². The summed E-state index contributed by atoms with van der Waals surface area (Å²) in [6.45, 7) is 8.66. The summed E-state index contributed by atoms with van der Waals surface area (Å²) in [5, 5.41) is 3.41. The Kier molecular flexibility index (Phi) is 6.48. The normalized spacial score (nSPS) is 18.5. The highest BCUT2D eigenvalue weighted by Crippen LogP contribution is 2.34. The van der Waals surface area contributed by atoms with Gasteiger partial charge >= 0.3 is 6.09 Å². The standard InChI is InChI=1S/C21H32N4O5/c1-21(2,3)30-20(26)24-7-8-25-14(13-24)11-22-19(25)23-12-16-17(28-5)9-15(27-4)10-18(16)29-6/h9-10,14H,7-8,11-13H2,1-6H3,(H,22,23). The first kappa shape index (κ1) is 21.9. The van der Waals surface area contributed by atoms with E-state index in [-0.39, 0.29) is 12.1 Å². The second kappa shape index (κ2) is 8.89. The summed E-state index contributed by atoms with van der Waals surface area (Å²) < 4.78 is 21.9. The van der Waals surface area contributed by atoms with E-state index < -0.39 is 5.60 Å². The molecule has 30 heavy (non-hydrogen) atoms. The molecule has 1 amide bonds. The van der Waals surface area contributed by atoms with Crippen molar-refractivity contribution in [2.24, 2.45) is 4.99 Å². The van der Waals surface area contributed by atoms with Gasteiger partial charge in [0.25, 0.3) is 0 Å². The number of aliphatic imine (C=N–C) groups is 1. The first-order chi connectivity index (χ1) is 14.3. The van der Waals surface area contributed by atoms with Crippen molar-refractivity contribution in [3.8, 4) is 17.2 Å². The fourth-order valence-electron chi connectivity index (χ4n) is 3.64. The van der Waals surface area contributed by atoms with Gasteiger partial charge < -0.3 is 34.1 Å². The Balaban J connectivity index is 1.63. The summed E-state index contributed by atoms with van der Waals surface area (Å²) in [5.41, 5.74) is 0.392. The summed E-state index contributed by atoms with van der Waals surface area (Å²) >= 11 is 0. The van der Waals surface area contributed by atoms with Gasteiger partial charge in [0.05, 0.1) is 46.0 Å². The molecule has 0 aromatic heterocycles. The number of hydrogen-bond acceptors (Lipinski definition) is 8. The number of fused-ring (bicyclic) bond motifs is 1. The molecule has 3 rings (SSSR count). The molecule has 1 unspecified atom stereocenters. The molecule has 9 heteroatoms. The second-order valence-electron chi connectivity index (χ2n) is 8.30. The Labute approximate surface area is 177 Å². The number of carbonyl (C=O) groups is 1. The van der Waals surface area contributed by atoms with Gasteiger partial charge in [-0.05, 0) is 20.8 Å². The molecular formula is C21H32N4O5. The lowest BCUT2D eigenvalue weighted by Crippen LogP contribution is -2.57. The van der Waals surface area contributed by atoms with Gasteiger partial charge in [-0.3, -0.25) is 4.99 Å². The van der Waals surface area contributed by atoms with Crippen LogP contribution in [0.25, 0.3) is 0 Å². The third-order valence-electron chi connectivity index (χ3n) is 5.10.